The van der Waals surface area contributed by atoms with Crippen LogP contribution in [0.3, 0.4) is 0 Å². The molecule has 3 heteroatoms. The average Bonchev–Trinajstić information content (AvgIpc) is 2.42. The Bertz CT molecular complexity index is 578. The minimum absolute atomic E-state index is 0.0912. The van der Waals surface area contributed by atoms with E-state index in [2.05, 4.69) is 15.9 Å². The van der Waals surface area contributed by atoms with Gasteiger partial charge in [0.25, 0.3) is 0 Å². The van der Waals surface area contributed by atoms with Gasteiger partial charge in [0.05, 0.1) is 6.61 Å². The number of benzene rings is 2. The van der Waals surface area contributed by atoms with Crippen LogP contribution in [0.15, 0.2) is 53.0 Å². The lowest BCUT2D eigenvalue weighted by Crippen LogP contribution is -2.04. The van der Waals surface area contributed by atoms with Gasteiger partial charge in [0.1, 0.15) is 5.75 Å². The van der Waals surface area contributed by atoms with E-state index in [9.17, 15) is 4.79 Å². The normalized spacial score (nSPS) is 10.2. The summed E-state index contributed by atoms with van der Waals surface area (Å²) in [4.78, 5) is 12.2. The molecule has 0 N–H and O–H groups in total. The molecule has 2 aromatic rings. The average molecular weight is 319 g/mol. The molecule has 2 nitrogen and oxygen atoms in total. The van der Waals surface area contributed by atoms with E-state index >= 15 is 0 Å². The Hall–Kier alpha value is -1.61. The van der Waals surface area contributed by atoms with Gasteiger partial charge in [0.2, 0.25) is 0 Å². The van der Waals surface area contributed by atoms with E-state index in [1.807, 2.05) is 49.4 Å². The first-order valence-electron chi connectivity index (χ1n) is 6.20. The molecule has 2 rings (SSSR count). The van der Waals surface area contributed by atoms with Gasteiger partial charge in [-0.25, -0.2) is 0 Å². The topological polar surface area (TPSA) is 26.3 Å². The van der Waals surface area contributed by atoms with Crippen LogP contribution in [0.25, 0.3) is 0 Å². The molecule has 0 fully saturated rings. The summed E-state index contributed by atoms with van der Waals surface area (Å²) in [5.74, 6) is 0.828. The first-order chi connectivity index (χ1) is 9.20. The summed E-state index contributed by atoms with van der Waals surface area (Å²) >= 11 is 3.46. The molecule has 0 unspecified atom stereocenters. The lowest BCUT2D eigenvalue weighted by molar-refractivity contribution is 0.0992. The summed E-state index contributed by atoms with van der Waals surface area (Å²) in [6.07, 6.45) is 0.386. The van der Waals surface area contributed by atoms with Crippen LogP contribution in [0.5, 0.6) is 5.75 Å². The third-order valence-corrected chi connectivity index (χ3v) is 3.55. The van der Waals surface area contributed by atoms with Gasteiger partial charge in [-0.2, -0.15) is 0 Å². The lowest BCUT2D eigenvalue weighted by atomic mass is 10.0. The van der Waals surface area contributed by atoms with Gasteiger partial charge in [0, 0.05) is 16.5 Å². The summed E-state index contributed by atoms with van der Waals surface area (Å²) in [5, 5.41) is 0. The summed E-state index contributed by atoms with van der Waals surface area (Å²) in [7, 11) is 0. The summed E-state index contributed by atoms with van der Waals surface area (Å²) in [6, 6.07) is 15.1. The van der Waals surface area contributed by atoms with E-state index in [1.165, 1.54) is 0 Å². The molecule has 0 aliphatic carbocycles. The molecule has 0 aliphatic rings. The zero-order chi connectivity index (χ0) is 13.7. The Morgan fingerprint density at radius 3 is 2.68 bits per heavy atom. The lowest BCUT2D eigenvalue weighted by Gasteiger charge is -2.06. The number of carbonyl (C=O) groups excluding carboxylic acids is 1. The highest BCUT2D eigenvalue weighted by Crippen LogP contribution is 2.20. The number of Topliss-reactive ketones (excluding diaryl/α,β-unsaturated/α-hetero) is 1. The SMILES string of the molecule is CCOc1cccc(C(=O)Cc2ccccc2Br)c1. The van der Waals surface area contributed by atoms with E-state index < -0.39 is 0 Å². The largest absolute Gasteiger partial charge is 0.494 e. The number of hydrogen-bond donors (Lipinski definition) is 0. The highest BCUT2D eigenvalue weighted by atomic mass is 79.9. The van der Waals surface area contributed by atoms with E-state index in [-0.39, 0.29) is 5.78 Å². The second kappa shape index (κ2) is 6.53. The molecule has 0 aliphatic heterocycles. The third kappa shape index (κ3) is 3.67. The van der Waals surface area contributed by atoms with Gasteiger partial charge < -0.3 is 4.74 Å². The Balaban J connectivity index is 2.16. The van der Waals surface area contributed by atoms with Crippen molar-refractivity contribution in [3.8, 4) is 5.75 Å². The molecule has 0 spiro atoms. The molecule has 0 saturated carbocycles. The molecular weight excluding hydrogens is 304 g/mol. The van der Waals surface area contributed by atoms with Crippen LogP contribution in [-0.4, -0.2) is 12.4 Å². The van der Waals surface area contributed by atoms with Crippen LogP contribution in [-0.2, 0) is 6.42 Å². The number of rotatable bonds is 5. The first kappa shape index (κ1) is 13.8. The van der Waals surface area contributed by atoms with Crippen LogP contribution in [0.4, 0.5) is 0 Å². The molecule has 0 amide bonds. The Morgan fingerprint density at radius 1 is 1.16 bits per heavy atom. The van der Waals surface area contributed by atoms with Crippen LogP contribution in [0, 0.1) is 0 Å². The first-order valence-corrected chi connectivity index (χ1v) is 6.99. The van der Waals surface area contributed by atoms with Crippen molar-refractivity contribution < 1.29 is 9.53 Å². The van der Waals surface area contributed by atoms with Crippen molar-refractivity contribution in [2.75, 3.05) is 6.61 Å². The summed E-state index contributed by atoms with van der Waals surface area (Å²) in [6.45, 7) is 2.53. The van der Waals surface area contributed by atoms with Crippen molar-refractivity contribution in [1.29, 1.82) is 0 Å². The van der Waals surface area contributed by atoms with Gasteiger partial charge in [-0.1, -0.05) is 46.3 Å². The minimum Gasteiger partial charge on any atom is -0.494 e. The van der Waals surface area contributed by atoms with E-state index in [1.54, 1.807) is 6.07 Å². The second-order valence-corrected chi connectivity index (χ2v) is 5.01. The van der Waals surface area contributed by atoms with Crippen LogP contribution < -0.4 is 4.74 Å². The minimum atomic E-state index is 0.0912. The Labute approximate surface area is 121 Å². The van der Waals surface area contributed by atoms with Crippen LogP contribution >= 0.6 is 15.9 Å². The molecule has 98 valence electrons. The molecule has 19 heavy (non-hydrogen) atoms. The van der Waals surface area contributed by atoms with Gasteiger partial charge in [-0.3, -0.25) is 4.79 Å². The van der Waals surface area contributed by atoms with Gasteiger partial charge in [0.15, 0.2) is 5.78 Å². The quantitative estimate of drug-likeness (QED) is 0.769. The van der Waals surface area contributed by atoms with Gasteiger partial charge >= 0.3 is 0 Å². The molecule has 2 aromatic carbocycles. The van der Waals surface area contributed by atoms with Crippen molar-refractivity contribution in [2.24, 2.45) is 0 Å². The molecule has 0 saturated heterocycles. The second-order valence-electron chi connectivity index (χ2n) is 4.15. The van der Waals surface area contributed by atoms with Crippen molar-refractivity contribution in [1.82, 2.24) is 0 Å². The van der Waals surface area contributed by atoms with Crippen molar-refractivity contribution in [3.63, 3.8) is 0 Å². The van der Waals surface area contributed by atoms with Gasteiger partial charge in [-0.15, -0.1) is 0 Å². The number of ether oxygens (including phenoxy) is 1. The summed E-state index contributed by atoms with van der Waals surface area (Å²) in [5.41, 5.74) is 1.68. The molecule has 0 atom stereocenters. The number of ketones is 1. The van der Waals surface area contributed by atoms with Crippen molar-refractivity contribution >= 4 is 21.7 Å². The van der Waals surface area contributed by atoms with E-state index in [0.717, 1.165) is 15.8 Å². The smallest absolute Gasteiger partial charge is 0.167 e. The zero-order valence-electron chi connectivity index (χ0n) is 10.7. The maximum absolute atomic E-state index is 12.2. The fourth-order valence-corrected chi connectivity index (χ4v) is 2.27. The fourth-order valence-electron chi connectivity index (χ4n) is 1.84. The number of hydrogen-bond acceptors (Lipinski definition) is 2. The predicted octanol–water partition coefficient (Wildman–Crippen LogP) is 4.27. The Kier molecular flexibility index (Phi) is 4.74. The monoisotopic (exact) mass is 318 g/mol. The maximum atomic E-state index is 12.2. The predicted molar refractivity (Wildman–Crippen MR) is 79.8 cm³/mol. The highest BCUT2D eigenvalue weighted by Gasteiger charge is 2.09. The van der Waals surface area contributed by atoms with Crippen molar-refractivity contribution in [2.45, 2.75) is 13.3 Å². The van der Waals surface area contributed by atoms with Crippen LogP contribution in [0.2, 0.25) is 0 Å². The van der Waals surface area contributed by atoms with E-state index in [4.69, 9.17) is 4.74 Å². The maximum Gasteiger partial charge on any atom is 0.167 e. The molecule has 0 bridgehead atoms. The third-order valence-electron chi connectivity index (χ3n) is 2.78. The molecular formula is C16H15BrO2. The highest BCUT2D eigenvalue weighted by molar-refractivity contribution is 9.10. The Morgan fingerprint density at radius 2 is 1.95 bits per heavy atom. The zero-order valence-corrected chi connectivity index (χ0v) is 12.3. The van der Waals surface area contributed by atoms with Crippen molar-refractivity contribution in [3.05, 3.63) is 64.1 Å². The fraction of sp³-hybridized carbons (Fsp3) is 0.188. The summed E-state index contributed by atoms with van der Waals surface area (Å²) < 4.78 is 6.37. The van der Waals surface area contributed by atoms with Crippen LogP contribution in [0.1, 0.15) is 22.8 Å². The molecule has 0 heterocycles. The standard InChI is InChI=1S/C16H15BrO2/c1-2-19-14-8-5-7-13(10-14)16(18)11-12-6-3-4-9-15(12)17/h3-10H,2,11H2,1H3. The molecule has 0 radical (unpaired) electrons. The number of carbonyl (C=O) groups is 1. The number of halogens is 1. The van der Waals surface area contributed by atoms with E-state index in [0.29, 0.717) is 18.6 Å². The van der Waals surface area contributed by atoms with Gasteiger partial charge in [-0.05, 0) is 30.7 Å². The molecule has 0 aromatic heterocycles.